The zero-order valence-corrected chi connectivity index (χ0v) is 9.18. The summed E-state index contributed by atoms with van der Waals surface area (Å²) in [6.45, 7) is 0. The normalized spacial score (nSPS) is 19.9. The topological polar surface area (TPSA) is 76.1 Å². The molecule has 0 spiro atoms. The van der Waals surface area contributed by atoms with Gasteiger partial charge in [0.2, 0.25) is 11.8 Å². The van der Waals surface area contributed by atoms with Gasteiger partial charge in [0.15, 0.2) is 0 Å². The van der Waals surface area contributed by atoms with Crippen LogP contribution in [0.3, 0.4) is 0 Å². The van der Waals surface area contributed by atoms with E-state index >= 15 is 0 Å². The van der Waals surface area contributed by atoms with Crippen LogP contribution in [0.5, 0.6) is 0 Å². The Morgan fingerprint density at radius 3 is 3.00 bits per heavy atom. The molecular formula is C12H12N2O3. The van der Waals surface area contributed by atoms with Gasteiger partial charge >= 0.3 is 0 Å². The molecule has 1 fully saturated rings. The van der Waals surface area contributed by atoms with Gasteiger partial charge in [0.1, 0.15) is 6.29 Å². The molecule has 1 aromatic heterocycles. The Kier molecular flexibility index (Phi) is 3.27. The Balaban J connectivity index is 2.21. The van der Waals surface area contributed by atoms with Gasteiger partial charge in [0.05, 0.1) is 11.6 Å². The monoisotopic (exact) mass is 232 g/mol. The van der Waals surface area contributed by atoms with Gasteiger partial charge in [-0.3, -0.25) is 19.9 Å². The van der Waals surface area contributed by atoms with Crippen molar-refractivity contribution in [1.82, 2.24) is 10.3 Å². The van der Waals surface area contributed by atoms with Gasteiger partial charge < -0.3 is 4.79 Å². The minimum atomic E-state index is -0.390. The van der Waals surface area contributed by atoms with Crippen LogP contribution in [0.1, 0.15) is 30.0 Å². The standard InChI is InChI=1S/C12H12N2O3/c15-6-4-8-3-5-13-10(7-8)9-1-2-11(16)14-12(9)17/h3,5-7,9H,1-2,4H2,(H,14,16,17). The Morgan fingerprint density at radius 2 is 2.29 bits per heavy atom. The molecule has 0 bridgehead atoms. The number of amides is 2. The number of aldehydes is 1. The zero-order chi connectivity index (χ0) is 12.3. The quantitative estimate of drug-likeness (QED) is 0.602. The number of hydrogen-bond acceptors (Lipinski definition) is 4. The summed E-state index contributed by atoms with van der Waals surface area (Å²) in [5.74, 6) is -0.938. The van der Waals surface area contributed by atoms with Crippen LogP contribution < -0.4 is 5.32 Å². The van der Waals surface area contributed by atoms with Gasteiger partial charge in [-0.2, -0.15) is 0 Å². The summed E-state index contributed by atoms with van der Waals surface area (Å²) in [4.78, 5) is 37.2. The molecule has 0 aromatic carbocycles. The molecular weight excluding hydrogens is 220 g/mol. The third-order valence-electron chi connectivity index (χ3n) is 2.76. The first-order valence-electron chi connectivity index (χ1n) is 5.43. The van der Waals surface area contributed by atoms with Gasteiger partial charge in [0, 0.05) is 19.0 Å². The first kappa shape index (κ1) is 11.4. The van der Waals surface area contributed by atoms with Crippen LogP contribution in [0.2, 0.25) is 0 Å². The molecule has 1 aliphatic heterocycles. The number of hydrogen-bond donors (Lipinski definition) is 1. The average Bonchev–Trinajstić information content (AvgIpc) is 2.29. The minimum Gasteiger partial charge on any atom is -0.303 e. The third kappa shape index (κ3) is 2.55. The lowest BCUT2D eigenvalue weighted by Crippen LogP contribution is -2.39. The second-order valence-corrected chi connectivity index (χ2v) is 3.96. The van der Waals surface area contributed by atoms with Crippen molar-refractivity contribution in [3.63, 3.8) is 0 Å². The van der Waals surface area contributed by atoms with Gasteiger partial charge in [-0.25, -0.2) is 0 Å². The summed E-state index contributed by atoms with van der Waals surface area (Å²) in [5.41, 5.74) is 1.45. The van der Waals surface area contributed by atoms with E-state index in [2.05, 4.69) is 10.3 Å². The molecule has 1 aromatic rings. The Labute approximate surface area is 98.2 Å². The second-order valence-electron chi connectivity index (χ2n) is 3.96. The fourth-order valence-electron chi connectivity index (χ4n) is 1.88. The zero-order valence-electron chi connectivity index (χ0n) is 9.18. The molecule has 88 valence electrons. The highest BCUT2D eigenvalue weighted by molar-refractivity contribution is 6.00. The number of imide groups is 1. The summed E-state index contributed by atoms with van der Waals surface area (Å²) < 4.78 is 0. The molecule has 1 unspecified atom stereocenters. The predicted octanol–water partition coefficient (Wildman–Crippen LogP) is 0.343. The third-order valence-corrected chi connectivity index (χ3v) is 2.76. The number of nitrogens with zero attached hydrogens (tertiary/aromatic N) is 1. The molecule has 2 heterocycles. The van der Waals surface area contributed by atoms with Crippen LogP contribution in [0.15, 0.2) is 18.3 Å². The molecule has 2 amide bonds. The number of pyridine rings is 1. The highest BCUT2D eigenvalue weighted by Crippen LogP contribution is 2.23. The molecule has 1 saturated heterocycles. The lowest BCUT2D eigenvalue weighted by molar-refractivity contribution is -0.134. The summed E-state index contributed by atoms with van der Waals surface area (Å²) >= 11 is 0. The van der Waals surface area contributed by atoms with Crippen molar-refractivity contribution in [1.29, 1.82) is 0 Å². The van der Waals surface area contributed by atoms with Gasteiger partial charge in [0.25, 0.3) is 0 Å². The Bertz CT molecular complexity index is 471. The van der Waals surface area contributed by atoms with Crippen LogP contribution in [-0.2, 0) is 20.8 Å². The Hall–Kier alpha value is -2.04. The minimum absolute atomic E-state index is 0.240. The molecule has 0 radical (unpaired) electrons. The molecule has 0 aliphatic carbocycles. The van der Waals surface area contributed by atoms with Crippen LogP contribution in [0, 0.1) is 0 Å². The summed E-state index contributed by atoms with van der Waals surface area (Å²) in [7, 11) is 0. The lowest BCUT2D eigenvalue weighted by atomic mass is 9.93. The Morgan fingerprint density at radius 1 is 1.47 bits per heavy atom. The molecule has 5 nitrogen and oxygen atoms in total. The van der Waals surface area contributed by atoms with Gasteiger partial charge in [-0.1, -0.05) is 0 Å². The van der Waals surface area contributed by atoms with Crippen molar-refractivity contribution in [3.8, 4) is 0 Å². The second kappa shape index (κ2) is 4.86. The average molecular weight is 232 g/mol. The molecule has 2 rings (SSSR count). The maximum atomic E-state index is 11.6. The highest BCUT2D eigenvalue weighted by Gasteiger charge is 2.28. The van der Waals surface area contributed by atoms with Crippen molar-refractivity contribution in [2.75, 3.05) is 0 Å². The fourth-order valence-corrected chi connectivity index (χ4v) is 1.88. The number of rotatable bonds is 3. The predicted molar refractivity (Wildman–Crippen MR) is 59.1 cm³/mol. The van der Waals surface area contributed by atoms with E-state index in [4.69, 9.17) is 0 Å². The number of nitrogens with one attached hydrogen (secondary N) is 1. The molecule has 17 heavy (non-hydrogen) atoms. The van der Waals surface area contributed by atoms with Crippen molar-refractivity contribution < 1.29 is 14.4 Å². The summed E-state index contributed by atoms with van der Waals surface area (Å²) in [5, 5.41) is 2.29. The van der Waals surface area contributed by atoms with E-state index in [1.54, 1.807) is 18.3 Å². The first-order chi connectivity index (χ1) is 8.20. The molecule has 1 aliphatic rings. The van der Waals surface area contributed by atoms with Crippen molar-refractivity contribution in [2.45, 2.75) is 25.2 Å². The largest absolute Gasteiger partial charge is 0.303 e. The maximum Gasteiger partial charge on any atom is 0.235 e. The van der Waals surface area contributed by atoms with Crippen LogP contribution >= 0.6 is 0 Å². The van der Waals surface area contributed by atoms with E-state index in [1.807, 2.05) is 0 Å². The van der Waals surface area contributed by atoms with Crippen molar-refractivity contribution in [2.24, 2.45) is 0 Å². The molecule has 1 atom stereocenters. The maximum absolute atomic E-state index is 11.6. The fraction of sp³-hybridized carbons (Fsp3) is 0.333. The van der Waals surface area contributed by atoms with E-state index in [9.17, 15) is 14.4 Å². The smallest absolute Gasteiger partial charge is 0.235 e. The number of piperidine rings is 1. The number of carbonyl (C=O) groups excluding carboxylic acids is 3. The lowest BCUT2D eigenvalue weighted by Gasteiger charge is -2.20. The van der Waals surface area contributed by atoms with Crippen LogP contribution in [0.25, 0.3) is 0 Å². The van der Waals surface area contributed by atoms with E-state index in [0.29, 0.717) is 25.0 Å². The molecule has 5 heteroatoms. The molecule has 0 saturated carbocycles. The van der Waals surface area contributed by atoms with Crippen molar-refractivity contribution in [3.05, 3.63) is 29.6 Å². The summed E-state index contributed by atoms with van der Waals surface area (Å²) in [6, 6.07) is 3.48. The van der Waals surface area contributed by atoms with Crippen molar-refractivity contribution >= 4 is 18.1 Å². The number of carbonyl (C=O) groups is 3. The van der Waals surface area contributed by atoms with Crippen LogP contribution in [0.4, 0.5) is 0 Å². The molecule has 1 N–H and O–H groups in total. The van der Waals surface area contributed by atoms with E-state index < -0.39 is 0 Å². The van der Waals surface area contributed by atoms with Crippen LogP contribution in [-0.4, -0.2) is 23.1 Å². The summed E-state index contributed by atoms with van der Waals surface area (Å²) in [6.07, 6.45) is 3.50. The first-order valence-corrected chi connectivity index (χ1v) is 5.43. The van der Waals surface area contributed by atoms with Gasteiger partial charge in [-0.15, -0.1) is 0 Å². The highest BCUT2D eigenvalue weighted by atomic mass is 16.2. The van der Waals surface area contributed by atoms with Gasteiger partial charge in [-0.05, 0) is 24.1 Å². The number of aromatic nitrogens is 1. The van der Waals surface area contributed by atoms with E-state index in [0.717, 1.165) is 11.8 Å². The SMILES string of the molecule is O=CCc1ccnc(C2CCC(=O)NC2=O)c1. The van der Waals surface area contributed by atoms with E-state index in [-0.39, 0.29) is 17.7 Å². The van der Waals surface area contributed by atoms with E-state index in [1.165, 1.54) is 0 Å².